The fraction of sp³-hybridized carbons (Fsp3) is 0.222. The molecule has 0 aliphatic carbocycles. The number of carbonyl (C=O) groups excluding carboxylic acids is 1. The van der Waals surface area contributed by atoms with Gasteiger partial charge in [0.05, 0.1) is 5.69 Å². The van der Waals surface area contributed by atoms with Crippen molar-refractivity contribution in [1.82, 2.24) is 0 Å². The molecule has 88 valence electrons. The molecule has 0 aromatic heterocycles. The van der Waals surface area contributed by atoms with Gasteiger partial charge in [-0.2, -0.15) is 8.42 Å². The second-order valence-corrected chi connectivity index (χ2v) is 4.06. The van der Waals surface area contributed by atoms with Gasteiger partial charge in [0.2, 0.25) is 0 Å². The lowest BCUT2D eigenvalue weighted by molar-refractivity contribution is 0.0988. The summed E-state index contributed by atoms with van der Waals surface area (Å²) >= 11 is 0. The summed E-state index contributed by atoms with van der Waals surface area (Å²) in [6, 6.07) is 3.97. The average Bonchev–Trinajstić information content (AvgIpc) is 2.18. The molecule has 0 fully saturated rings. The second-order valence-electron chi connectivity index (χ2n) is 3.04. The molecule has 0 heterocycles. The molecule has 0 aliphatic heterocycles. The highest BCUT2D eigenvalue weighted by Crippen LogP contribution is 2.24. The molecule has 3 N–H and O–H groups in total. The van der Waals surface area contributed by atoms with Crippen molar-refractivity contribution < 1.29 is 21.9 Å². The molecule has 0 unspecified atom stereocenters. The number of hydrogen-bond acceptors (Lipinski definition) is 5. The van der Waals surface area contributed by atoms with Gasteiger partial charge in [0.25, 0.3) is 0 Å². The summed E-state index contributed by atoms with van der Waals surface area (Å²) in [7, 11) is -4.64. The molecule has 0 radical (unpaired) electrons. The van der Waals surface area contributed by atoms with Gasteiger partial charge >= 0.3 is 10.4 Å². The van der Waals surface area contributed by atoms with E-state index < -0.39 is 10.4 Å². The summed E-state index contributed by atoms with van der Waals surface area (Å²) in [6.45, 7) is 1.67. The van der Waals surface area contributed by atoms with Crippen LogP contribution >= 0.6 is 0 Å². The number of anilines is 1. The summed E-state index contributed by atoms with van der Waals surface area (Å²) in [5.74, 6) is -0.443. The van der Waals surface area contributed by atoms with Crippen molar-refractivity contribution in [2.45, 2.75) is 13.3 Å². The highest BCUT2D eigenvalue weighted by molar-refractivity contribution is 7.81. The van der Waals surface area contributed by atoms with Crippen molar-refractivity contribution in [1.29, 1.82) is 0 Å². The van der Waals surface area contributed by atoms with E-state index in [-0.39, 0.29) is 29.2 Å². The van der Waals surface area contributed by atoms with Crippen LogP contribution < -0.4 is 9.92 Å². The maximum atomic E-state index is 11.3. The lowest BCUT2D eigenvalue weighted by atomic mass is 10.1. The normalized spacial score (nSPS) is 11.1. The molecule has 1 aromatic rings. The number of nitrogen functional groups attached to an aromatic ring is 1. The van der Waals surface area contributed by atoms with Crippen LogP contribution in [-0.4, -0.2) is 18.8 Å². The number of hydrogen-bond donors (Lipinski definition) is 2. The lowest BCUT2D eigenvalue weighted by Gasteiger charge is -2.06. The average molecular weight is 245 g/mol. The van der Waals surface area contributed by atoms with Gasteiger partial charge in [-0.1, -0.05) is 6.92 Å². The number of ketones is 1. The Morgan fingerprint density at radius 2 is 2.12 bits per heavy atom. The number of Topliss-reactive ketones (excluding diaryl/α,β-unsaturated/α-hetero) is 1. The zero-order valence-corrected chi connectivity index (χ0v) is 9.32. The Hall–Kier alpha value is -1.60. The van der Waals surface area contributed by atoms with E-state index in [0.717, 1.165) is 0 Å². The first kappa shape index (κ1) is 12.5. The van der Waals surface area contributed by atoms with Gasteiger partial charge in [0.1, 0.15) is 0 Å². The highest BCUT2D eigenvalue weighted by Gasteiger charge is 2.13. The van der Waals surface area contributed by atoms with Crippen LogP contribution in [0.25, 0.3) is 0 Å². The zero-order chi connectivity index (χ0) is 12.3. The number of rotatable bonds is 4. The van der Waals surface area contributed by atoms with E-state index in [1.807, 2.05) is 0 Å². The summed E-state index contributed by atoms with van der Waals surface area (Å²) in [4.78, 5) is 11.3. The van der Waals surface area contributed by atoms with Crippen LogP contribution in [0.15, 0.2) is 18.2 Å². The molecule has 6 nitrogen and oxygen atoms in total. The van der Waals surface area contributed by atoms with Crippen LogP contribution in [0, 0.1) is 0 Å². The van der Waals surface area contributed by atoms with Crippen molar-refractivity contribution in [3.05, 3.63) is 23.8 Å². The highest BCUT2D eigenvalue weighted by atomic mass is 32.3. The quantitative estimate of drug-likeness (QED) is 0.466. The van der Waals surface area contributed by atoms with Crippen molar-refractivity contribution in [3.63, 3.8) is 0 Å². The maximum absolute atomic E-state index is 11.3. The zero-order valence-electron chi connectivity index (χ0n) is 8.50. The van der Waals surface area contributed by atoms with Crippen molar-refractivity contribution >= 4 is 21.9 Å². The third-order valence-corrected chi connectivity index (χ3v) is 2.24. The molecule has 1 aromatic carbocycles. The van der Waals surface area contributed by atoms with E-state index in [1.165, 1.54) is 18.2 Å². The smallest absolute Gasteiger partial charge is 0.396 e. The van der Waals surface area contributed by atoms with E-state index in [2.05, 4.69) is 4.18 Å². The predicted octanol–water partition coefficient (Wildman–Crippen LogP) is 1.04. The topological polar surface area (TPSA) is 107 Å². The summed E-state index contributed by atoms with van der Waals surface area (Å²) < 4.78 is 33.7. The first-order chi connectivity index (χ1) is 7.33. The van der Waals surface area contributed by atoms with Gasteiger partial charge < -0.3 is 9.92 Å². The van der Waals surface area contributed by atoms with Gasteiger partial charge in [-0.25, -0.2) is 0 Å². The summed E-state index contributed by atoms with van der Waals surface area (Å²) in [5, 5.41) is 0. The molecular formula is C9H11NO5S. The molecule has 16 heavy (non-hydrogen) atoms. The Morgan fingerprint density at radius 1 is 1.50 bits per heavy atom. The molecule has 1 rings (SSSR count). The SMILES string of the molecule is CCC(=O)c1ccc(N)c(OS(=O)(=O)O)c1. The van der Waals surface area contributed by atoms with Crippen LogP contribution in [-0.2, 0) is 10.4 Å². The van der Waals surface area contributed by atoms with Gasteiger partial charge in [0.15, 0.2) is 11.5 Å². The van der Waals surface area contributed by atoms with Crippen LogP contribution in [0.4, 0.5) is 5.69 Å². The third kappa shape index (κ3) is 3.21. The Kier molecular flexibility index (Phi) is 3.51. The van der Waals surface area contributed by atoms with Crippen molar-refractivity contribution in [2.24, 2.45) is 0 Å². The minimum Gasteiger partial charge on any atom is -0.396 e. The molecule has 0 amide bonds. The lowest BCUT2D eigenvalue weighted by Crippen LogP contribution is -2.09. The fourth-order valence-electron chi connectivity index (χ4n) is 1.10. The van der Waals surface area contributed by atoms with Crippen LogP contribution in [0.1, 0.15) is 23.7 Å². The second kappa shape index (κ2) is 4.50. The minimum atomic E-state index is -4.64. The van der Waals surface area contributed by atoms with Gasteiger partial charge in [-0.15, -0.1) is 0 Å². The van der Waals surface area contributed by atoms with Gasteiger partial charge in [0, 0.05) is 12.0 Å². The van der Waals surface area contributed by atoms with Crippen LogP contribution in [0.5, 0.6) is 5.75 Å². The van der Waals surface area contributed by atoms with Crippen molar-refractivity contribution in [2.75, 3.05) is 5.73 Å². The Labute approximate surface area is 93.0 Å². The molecule has 7 heteroatoms. The molecule has 0 atom stereocenters. The molecule has 0 bridgehead atoms. The Bertz CT molecular complexity index is 509. The maximum Gasteiger partial charge on any atom is 0.446 e. The van der Waals surface area contributed by atoms with E-state index >= 15 is 0 Å². The first-order valence-corrected chi connectivity index (χ1v) is 5.79. The molecule has 0 saturated heterocycles. The largest absolute Gasteiger partial charge is 0.446 e. The molecule has 0 spiro atoms. The van der Waals surface area contributed by atoms with E-state index in [1.54, 1.807) is 6.92 Å². The number of carbonyl (C=O) groups is 1. The van der Waals surface area contributed by atoms with E-state index in [0.29, 0.717) is 0 Å². The minimum absolute atomic E-state index is 0.0188. The molecular weight excluding hydrogens is 234 g/mol. The third-order valence-electron chi connectivity index (χ3n) is 1.85. The monoisotopic (exact) mass is 245 g/mol. The van der Waals surface area contributed by atoms with Crippen LogP contribution in [0.3, 0.4) is 0 Å². The van der Waals surface area contributed by atoms with Crippen molar-refractivity contribution in [3.8, 4) is 5.75 Å². The summed E-state index contributed by atoms with van der Waals surface area (Å²) in [5.41, 5.74) is 5.72. The van der Waals surface area contributed by atoms with E-state index in [4.69, 9.17) is 10.3 Å². The Morgan fingerprint density at radius 3 is 2.62 bits per heavy atom. The first-order valence-electron chi connectivity index (χ1n) is 4.43. The number of nitrogens with two attached hydrogens (primary N) is 1. The molecule has 0 aliphatic rings. The van der Waals surface area contributed by atoms with Gasteiger partial charge in [-0.05, 0) is 18.2 Å². The fourth-order valence-corrected chi connectivity index (χ4v) is 1.47. The molecule has 0 saturated carbocycles. The predicted molar refractivity (Wildman–Crippen MR) is 57.7 cm³/mol. The van der Waals surface area contributed by atoms with Gasteiger partial charge in [-0.3, -0.25) is 9.35 Å². The number of benzene rings is 1. The standard InChI is InChI=1S/C9H11NO5S/c1-2-8(11)6-3-4-7(10)9(5-6)15-16(12,13)14/h3-5H,2,10H2,1H3,(H,12,13,14). The van der Waals surface area contributed by atoms with E-state index in [9.17, 15) is 13.2 Å². The summed E-state index contributed by atoms with van der Waals surface area (Å²) in [6.07, 6.45) is 0.273. The Balaban J connectivity index is 3.14. The van der Waals surface area contributed by atoms with Crippen LogP contribution in [0.2, 0.25) is 0 Å².